The summed E-state index contributed by atoms with van der Waals surface area (Å²) in [6, 6.07) is 7.80. The molecule has 0 spiro atoms. The molecule has 1 aliphatic heterocycles. The fraction of sp³-hybridized carbons (Fsp3) is 0.629. The number of thiophene rings is 1. The van der Waals surface area contributed by atoms with Crippen LogP contribution >= 0.6 is 11.3 Å². The van der Waals surface area contributed by atoms with E-state index in [1.807, 2.05) is 43.9 Å². The number of aromatic nitrogens is 1. The van der Waals surface area contributed by atoms with Crippen LogP contribution in [0.25, 0.3) is 0 Å². The maximum Gasteiger partial charge on any atom is 0.348 e. The molecule has 0 unspecified atom stereocenters. The first-order valence-electron chi connectivity index (χ1n) is 16.1. The number of carbonyl (C=O) groups excluding carboxylic acids is 1. The van der Waals surface area contributed by atoms with Gasteiger partial charge in [0, 0.05) is 30.0 Å². The summed E-state index contributed by atoms with van der Waals surface area (Å²) in [5.41, 5.74) is 1.35. The molecule has 0 bridgehead atoms. The maximum absolute atomic E-state index is 14.2. The van der Waals surface area contributed by atoms with Crippen LogP contribution in [0.5, 0.6) is 5.88 Å². The van der Waals surface area contributed by atoms with Crippen LogP contribution in [0.1, 0.15) is 112 Å². The Morgan fingerprint density at radius 1 is 1.07 bits per heavy atom. The van der Waals surface area contributed by atoms with E-state index in [1.165, 1.54) is 24.2 Å². The third-order valence-electron chi connectivity index (χ3n) is 8.99. The molecular weight excluding hydrogens is 558 g/mol. The van der Waals surface area contributed by atoms with Gasteiger partial charge in [-0.2, -0.15) is 0 Å². The van der Waals surface area contributed by atoms with Gasteiger partial charge in [-0.3, -0.25) is 9.69 Å². The quantitative estimate of drug-likeness (QED) is 0.316. The number of anilines is 1. The molecule has 43 heavy (non-hydrogen) atoms. The van der Waals surface area contributed by atoms with Crippen molar-refractivity contribution in [2.24, 2.45) is 17.3 Å². The van der Waals surface area contributed by atoms with Crippen LogP contribution in [-0.2, 0) is 11.3 Å². The molecule has 232 valence electrons. The van der Waals surface area contributed by atoms with Crippen molar-refractivity contribution in [1.29, 1.82) is 0 Å². The number of hydrogen-bond donors (Lipinski definition) is 1. The van der Waals surface area contributed by atoms with Gasteiger partial charge >= 0.3 is 5.97 Å². The Balaban J connectivity index is 1.33. The summed E-state index contributed by atoms with van der Waals surface area (Å²) in [4.78, 5) is 36.6. The second kappa shape index (κ2) is 13.8. The van der Waals surface area contributed by atoms with Crippen molar-refractivity contribution in [1.82, 2.24) is 9.88 Å². The Hall–Kier alpha value is -2.89. The summed E-state index contributed by atoms with van der Waals surface area (Å²) in [5, 5.41) is 10.2. The molecule has 1 N–H and O–H groups in total. The second-order valence-corrected chi connectivity index (χ2v) is 14.8. The zero-order valence-electron chi connectivity index (χ0n) is 26.2. The average molecular weight is 606 g/mol. The number of aromatic carboxylic acids is 1. The van der Waals surface area contributed by atoms with Crippen LogP contribution in [0.4, 0.5) is 5.69 Å². The zero-order chi connectivity index (χ0) is 30.6. The van der Waals surface area contributed by atoms with E-state index in [2.05, 4.69) is 29.7 Å². The number of hydrogen-bond acceptors (Lipinski definition) is 6. The zero-order valence-corrected chi connectivity index (χ0v) is 27.0. The highest BCUT2D eigenvalue weighted by atomic mass is 32.1. The lowest BCUT2D eigenvalue weighted by Crippen LogP contribution is -2.47. The molecule has 7 nitrogen and oxygen atoms in total. The van der Waals surface area contributed by atoms with E-state index in [9.17, 15) is 14.7 Å². The molecular formula is C35H47N3O4S. The lowest BCUT2D eigenvalue weighted by atomic mass is 9.81. The predicted octanol–water partition coefficient (Wildman–Crippen LogP) is 7.38. The van der Waals surface area contributed by atoms with Crippen molar-refractivity contribution in [2.75, 3.05) is 18.0 Å². The van der Waals surface area contributed by atoms with Gasteiger partial charge in [0.2, 0.25) is 11.8 Å². The first-order valence-corrected chi connectivity index (χ1v) is 17.0. The molecule has 1 amide bonds. The number of carboxylic acid groups (broad SMARTS) is 1. The normalized spacial score (nSPS) is 24.7. The van der Waals surface area contributed by atoms with Crippen LogP contribution in [0.2, 0.25) is 0 Å². The fourth-order valence-corrected chi connectivity index (χ4v) is 7.44. The lowest BCUT2D eigenvalue weighted by Gasteiger charge is -2.39. The molecule has 8 heteroatoms. The number of pyridine rings is 1. The van der Waals surface area contributed by atoms with E-state index in [0.717, 1.165) is 76.7 Å². The molecule has 2 saturated carbocycles. The Morgan fingerprint density at radius 2 is 1.77 bits per heavy atom. The smallest absolute Gasteiger partial charge is 0.348 e. The van der Waals surface area contributed by atoms with Gasteiger partial charge < -0.3 is 14.7 Å². The Bertz CT molecular complexity index is 1330. The molecule has 0 radical (unpaired) electrons. The standard InChI is InChI=1S/C35H47N3O4S/c1-24-10-12-25(13-11-24)33(39)38(30-22-29(18-19-35(2,3)4)43-32(30)34(40)41)27-14-16-28(17-15-27)42-31-9-7-8-26(36-31)23-37-20-5-6-21-37/h7-9,22,24-25,27-28H,5-6,10-17,20-21,23H2,1-4H3,(H,40,41). The van der Waals surface area contributed by atoms with Crippen molar-refractivity contribution in [3.8, 4) is 17.7 Å². The molecule has 0 aromatic carbocycles. The highest BCUT2D eigenvalue weighted by Crippen LogP contribution is 2.39. The highest BCUT2D eigenvalue weighted by molar-refractivity contribution is 7.15. The van der Waals surface area contributed by atoms with Crippen molar-refractivity contribution in [3.05, 3.63) is 39.7 Å². The maximum atomic E-state index is 14.2. The Morgan fingerprint density at radius 3 is 2.42 bits per heavy atom. The fourth-order valence-electron chi connectivity index (χ4n) is 6.60. The second-order valence-electron chi connectivity index (χ2n) is 13.8. The summed E-state index contributed by atoms with van der Waals surface area (Å²) in [6.07, 6.45) is 9.40. The molecule has 3 fully saturated rings. The highest BCUT2D eigenvalue weighted by Gasteiger charge is 2.38. The predicted molar refractivity (Wildman–Crippen MR) is 172 cm³/mol. The molecule has 3 heterocycles. The number of likely N-dealkylation sites (tertiary alicyclic amines) is 1. The molecule has 2 aliphatic carbocycles. The molecule has 5 rings (SSSR count). The SMILES string of the molecule is CC1CCC(C(=O)N(c2cc(C#CC(C)(C)C)sc2C(=O)O)C2CCC(Oc3cccc(CN4CCCC4)n3)CC2)CC1. The van der Waals surface area contributed by atoms with Gasteiger partial charge in [0.1, 0.15) is 11.0 Å². The van der Waals surface area contributed by atoms with Crippen LogP contribution in [0, 0.1) is 29.1 Å². The van der Waals surface area contributed by atoms with Crippen molar-refractivity contribution in [3.63, 3.8) is 0 Å². The summed E-state index contributed by atoms with van der Waals surface area (Å²) in [6.45, 7) is 11.5. The van der Waals surface area contributed by atoms with Crippen molar-refractivity contribution >= 4 is 28.9 Å². The van der Waals surface area contributed by atoms with Gasteiger partial charge in [-0.1, -0.05) is 24.8 Å². The topological polar surface area (TPSA) is 83.0 Å². The largest absolute Gasteiger partial charge is 0.477 e. The average Bonchev–Trinajstić information content (AvgIpc) is 3.64. The third-order valence-corrected chi connectivity index (χ3v) is 10.0. The van der Waals surface area contributed by atoms with Crippen LogP contribution in [-0.4, -0.2) is 52.1 Å². The van der Waals surface area contributed by atoms with E-state index < -0.39 is 5.97 Å². The van der Waals surface area contributed by atoms with E-state index in [0.29, 0.717) is 22.4 Å². The lowest BCUT2D eigenvalue weighted by molar-refractivity contribution is -0.124. The number of rotatable bonds is 8. The van der Waals surface area contributed by atoms with E-state index in [4.69, 9.17) is 9.72 Å². The molecule has 1 saturated heterocycles. The number of carboxylic acids is 1. The number of ether oxygens (including phenoxy) is 1. The van der Waals surface area contributed by atoms with E-state index in [1.54, 1.807) is 0 Å². The number of nitrogens with zero attached hydrogens (tertiary/aromatic N) is 3. The molecule has 2 aromatic rings. The Kier molecular flexibility index (Phi) is 10.1. The van der Waals surface area contributed by atoms with Gasteiger partial charge in [0.25, 0.3) is 0 Å². The number of carbonyl (C=O) groups is 2. The van der Waals surface area contributed by atoms with Crippen LogP contribution in [0.3, 0.4) is 0 Å². The summed E-state index contributed by atoms with van der Waals surface area (Å²) < 4.78 is 6.37. The van der Waals surface area contributed by atoms with Crippen LogP contribution < -0.4 is 9.64 Å². The third kappa shape index (κ3) is 8.39. The summed E-state index contributed by atoms with van der Waals surface area (Å²) in [7, 11) is 0. The first-order chi connectivity index (χ1) is 20.6. The van der Waals surface area contributed by atoms with Gasteiger partial charge in [0.05, 0.1) is 16.3 Å². The van der Waals surface area contributed by atoms with Crippen molar-refractivity contribution < 1.29 is 19.4 Å². The van der Waals surface area contributed by atoms with Gasteiger partial charge in [-0.15, -0.1) is 11.3 Å². The summed E-state index contributed by atoms with van der Waals surface area (Å²) in [5.74, 6) is 6.70. The van der Waals surface area contributed by atoms with Gasteiger partial charge in [-0.05, 0) is 116 Å². The van der Waals surface area contributed by atoms with Gasteiger partial charge in [-0.25, -0.2) is 9.78 Å². The molecule has 2 aromatic heterocycles. The first kappa shape index (κ1) is 31.5. The Labute approximate surface area is 261 Å². The van der Waals surface area contributed by atoms with Crippen LogP contribution in [0.15, 0.2) is 24.3 Å². The number of amides is 1. The minimum absolute atomic E-state index is 0.0212. The molecule has 3 aliphatic rings. The minimum Gasteiger partial charge on any atom is -0.477 e. The van der Waals surface area contributed by atoms with Gasteiger partial charge in [0.15, 0.2) is 0 Å². The molecule has 0 atom stereocenters. The minimum atomic E-state index is -1.00. The monoisotopic (exact) mass is 605 g/mol. The van der Waals surface area contributed by atoms with Crippen molar-refractivity contribution in [2.45, 2.75) is 111 Å². The summed E-state index contributed by atoms with van der Waals surface area (Å²) >= 11 is 1.18. The van der Waals surface area contributed by atoms with E-state index in [-0.39, 0.29) is 34.3 Å². The van der Waals surface area contributed by atoms with E-state index >= 15 is 0 Å².